The van der Waals surface area contributed by atoms with Crippen LogP contribution in [0.3, 0.4) is 0 Å². The Morgan fingerprint density at radius 3 is 3.21 bits per heavy atom. The number of ether oxygens (including phenoxy) is 1. The molecule has 3 nitrogen and oxygen atoms in total. The molecule has 1 heterocycles. The van der Waals surface area contributed by atoms with Gasteiger partial charge < -0.3 is 4.74 Å². The van der Waals surface area contributed by atoms with Crippen LogP contribution in [0.4, 0.5) is 4.39 Å². The van der Waals surface area contributed by atoms with E-state index in [1.807, 2.05) is 6.20 Å². The largest absolute Gasteiger partial charge is 0.367 e. The van der Waals surface area contributed by atoms with E-state index in [9.17, 15) is 4.39 Å². The third kappa shape index (κ3) is 2.72. The molecule has 0 fully saturated rings. The molecular formula is C14H14BrFN2O. The van der Waals surface area contributed by atoms with E-state index in [1.54, 1.807) is 12.1 Å². The summed E-state index contributed by atoms with van der Waals surface area (Å²) in [5, 5.41) is 7.09. The molecule has 2 aromatic rings. The van der Waals surface area contributed by atoms with Crippen LogP contribution in [0, 0.1) is 5.82 Å². The van der Waals surface area contributed by atoms with Crippen molar-refractivity contribution in [3.05, 3.63) is 51.5 Å². The maximum atomic E-state index is 13.1. The number of aryl methyl sites for hydroxylation is 1. The number of benzene rings is 1. The molecule has 1 aromatic carbocycles. The number of hydrogen-bond donors (Lipinski definition) is 1. The first kappa shape index (κ1) is 12.8. The molecule has 0 saturated carbocycles. The molecule has 1 aliphatic rings. The van der Waals surface area contributed by atoms with Crippen LogP contribution in [0.15, 0.2) is 28.9 Å². The molecule has 3 rings (SSSR count). The van der Waals surface area contributed by atoms with Crippen molar-refractivity contribution in [3.63, 3.8) is 0 Å². The van der Waals surface area contributed by atoms with Crippen LogP contribution in [0.2, 0.25) is 0 Å². The molecule has 1 atom stereocenters. The zero-order chi connectivity index (χ0) is 13.2. The minimum atomic E-state index is -0.253. The van der Waals surface area contributed by atoms with E-state index in [4.69, 9.17) is 4.74 Å². The van der Waals surface area contributed by atoms with Gasteiger partial charge in [0.25, 0.3) is 0 Å². The summed E-state index contributed by atoms with van der Waals surface area (Å²) in [7, 11) is 0. The fourth-order valence-electron chi connectivity index (χ4n) is 2.41. The second kappa shape index (κ2) is 5.43. The van der Waals surface area contributed by atoms with Crippen molar-refractivity contribution in [2.45, 2.75) is 32.0 Å². The van der Waals surface area contributed by atoms with E-state index in [0.717, 1.165) is 30.5 Å². The first-order valence-corrected chi connectivity index (χ1v) is 7.11. The first-order valence-electron chi connectivity index (χ1n) is 6.31. The van der Waals surface area contributed by atoms with Crippen LogP contribution in [0.1, 0.15) is 35.8 Å². The standard InChI is InChI=1S/C14H14BrFN2O/c15-11-6-9(4-5-12(11)16)8-19-13-3-1-2-10-7-17-18-14(10)13/h4-7,13H,1-3,8H2,(H,17,18)/t13-/m1/s1. The minimum Gasteiger partial charge on any atom is -0.367 e. The van der Waals surface area contributed by atoms with Crippen molar-refractivity contribution in [2.75, 3.05) is 0 Å². The van der Waals surface area contributed by atoms with Gasteiger partial charge in [-0.3, -0.25) is 5.10 Å². The summed E-state index contributed by atoms with van der Waals surface area (Å²) in [6, 6.07) is 4.95. The molecule has 0 spiro atoms. The summed E-state index contributed by atoms with van der Waals surface area (Å²) in [4.78, 5) is 0. The summed E-state index contributed by atoms with van der Waals surface area (Å²) in [6.07, 6.45) is 5.12. The molecule has 0 saturated heterocycles. The van der Waals surface area contributed by atoms with Crippen molar-refractivity contribution in [2.24, 2.45) is 0 Å². The molecule has 100 valence electrons. The molecule has 0 radical (unpaired) electrons. The van der Waals surface area contributed by atoms with Crippen molar-refractivity contribution in [1.82, 2.24) is 10.2 Å². The second-order valence-electron chi connectivity index (χ2n) is 4.75. The second-order valence-corrected chi connectivity index (χ2v) is 5.60. The van der Waals surface area contributed by atoms with E-state index in [2.05, 4.69) is 26.1 Å². The quantitative estimate of drug-likeness (QED) is 0.929. The average molecular weight is 325 g/mol. The predicted molar refractivity (Wildman–Crippen MR) is 73.2 cm³/mol. The Morgan fingerprint density at radius 1 is 1.47 bits per heavy atom. The zero-order valence-electron chi connectivity index (χ0n) is 10.3. The van der Waals surface area contributed by atoms with Gasteiger partial charge in [-0.25, -0.2) is 4.39 Å². The fraction of sp³-hybridized carbons (Fsp3) is 0.357. The average Bonchev–Trinajstić information content (AvgIpc) is 2.89. The molecule has 0 bridgehead atoms. The Kier molecular flexibility index (Phi) is 3.66. The highest BCUT2D eigenvalue weighted by Crippen LogP contribution is 2.31. The molecular weight excluding hydrogens is 311 g/mol. The van der Waals surface area contributed by atoms with Gasteiger partial charge in [0, 0.05) is 0 Å². The van der Waals surface area contributed by atoms with Gasteiger partial charge in [-0.15, -0.1) is 0 Å². The van der Waals surface area contributed by atoms with Gasteiger partial charge in [0.2, 0.25) is 0 Å². The predicted octanol–water partition coefficient (Wildman–Crippen LogP) is 3.91. The van der Waals surface area contributed by atoms with Crippen LogP contribution in [0.5, 0.6) is 0 Å². The number of hydrogen-bond acceptors (Lipinski definition) is 2. The Bertz CT molecular complexity index is 585. The molecule has 19 heavy (non-hydrogen) atoms. The van der Waals surface area contributed by atoms with Gasteiger partial charge >= 0.3 is 0 Å². The third-order valence-corrected chi connectivity index (χ3v) is 4.03. The van der Waals surface area contributed by atoms with E-state index < -0.39 is 0 Å². The smallest absolute Gasteiger partial charge is 0.137 e. The van der Waals surface area contributed by atoms with Crippen LogP contribution < -0.4 is 0 Å². The van der Waals surface area contributed by atoms with Gasteiger partial charge in [0.1, 0.15) is 5.82 Å². The Hall–Kier alpha value is -1.20. The summed E-state index contributed by atoms with van der Waals surface area (Å²) >= 11 is 3.18. The molecule has 1 N–H and O–H groups in total. The third-order valence-electron chi connectivity index (χ3n) is 3.42. The number of rotatable bonds is 3. The van der Waals surface area contributed by atoms with Crippen LogP contribution >= 0.6 is 15.9 Å². The highest BCUT2D eigenvalue weighted by Gasteiger charge is 2.22. The molecule has 0 unspecified atom stereocenters. The monoisotopic (exact) mass is 324 g/mol. The van der Waals surface area contributed by atoms with Crippen molar-refractivity contribution in [1.29, 1.82) is 0 Å². The van der Waals surface area contributed by atoms with Gasteiger partial charge in [0.05, 0.1) is 29.1 Å². The SMILES string of the molecule is Fc1ccc(CO[C@@H]2CCCc3cn[nH]c32)cc1Br. The maximum Gasteiger partial charge on any atom is 0.137 e. The normalized spacial score (nSPS) is 18.3. The van der Waals surface area contributed by atoms with Crippen molar-refractivity contribution in [3.8, 4) is 0 Å². The lowest BCUT2D eigenvalue weighted by Crippen LogP contribution is -2.12. The Balaban J connectivity index is 1.69. The topological polar surface area (TPSA) is 37.9 Å². The number of aromatic amines is 1. The van der Waals surface area contributed by atoms with Crippen LogP contribution in [-0.2, 0) is 17.8 Å². The number of fused-ring (bicyclic) bond motifs is 1. The van der Waals surface area contributed by atoms with E-state index in [-0.39, 0.29) is 11.9 Å². The summed E-state index contributed by atoms with van der Waals surface area (Å²) in [6.45, 7) is 0.474. The highest BCUT2D eigenvalue weighted by atomic mass is 79.9. The Morgan fingerprint density at radius 2 is 2.37 bits per heavy atom. The maximum absolute atomic E-state index is 13.1. The number of halogens is 2. The molecule has 5 heteroatoms. The number of H-pyrrole nitrogens is 1. The molecule has 0 amide bonds. The number of aromatic nitrogens is 2. The first-order chi connectivity index (χ1) is 9.24. The van der Waals surface area contributed by atoms with E-state index in [0.29, 0.717) is 11.1 Å². The van der Waals surface area contributed by atoms with Crippen molar-refractivity contribution < 1.29 is 9.13 Å². The summed E-state index contributed by atoms with van der Waals surface area (Å²) in [5.74, 6) is -0.253. The van der Waals surface area contributed by atoms with Crippen LogP contribution in [0.25, 0.3) is 0 Å². The summed E-state index contributed by atoms with van der Waals surface area (Å²) in [5.41, 5.74) is 3.30. The van der Waals surface area contributed by atoms with E-state index in [1.165, 1.54) is 11.6 Å². The minimum absolute atomic E-state index is 0.0649. The lowest BCUT2D eigenvalue weighted by Gasteiger charge is -2.22. The number of nitrogens with zero attached hydrogens (tertiary/aromatic N) is 1. The molecule has 1 aromatic heterocycles. The lowest BCUT2D eigenvalue weighted by molar-refractivity contribution is 0.0254. The zero-order valence-corrected chi connectivity index (χ0v) is 11.9. The molecule has 0 aliphatic heterocycles. The van der Waals surface area contributed by atoms with Gasteiger partial charge in [-0.2, -0.15) is 5.10 Å². The fourth-order valence-corrected chi connectivity index (χ4v) is 2.84. The number of nitrogens with one attached hydrogen (secondary N) is 1. The lowest BCUT2D eigenvalue weighted by atomic mass is 9.96. The summed E-state index contributed by atoms with van der Waals surface area (Å²) < 4.78 is 19.6. The van der Waals surface area contributed by atoms with Gasteiger partial charge in [0.15, 0.2) is 0 Å². The Labute approximate surface area is 119 Å². The highest BCUT2D eigenvalue weighted by molar-refractivity contribution is 9.10. The van der Waals surface area contributed by atoms with Crippen molar-refractivity contribution >= 4 is 15.9 Å². The van der Waals surface area contributed by atoms with E-state index >= 15 is 0 Å². The molecule has 1 aliphatic carbocycles. The van der Waals surface area contributed by atoms with Crippen LogP contribution in [-0.4, -0.2) is 10.2 Å². The van der Waals surface area contributed by atoms with Gasteiger partial charge in [-0.1, -0.05) is 6.07 Å². The van der Waals surface area contributed by atoms with Gasteiger partial charge in [-0.05, 0) is 58.5 Å².